The van der Waals surface area contributed by atoms with Gasteiger partial charge in [-0.15, -0.1) is 0 Å². The summed E-state index contributed by atoms with van der Waals surface area (Å²) >= 11 is 0. The molecule has 0 saturated heterocycles. The second-order valence-corrected chi connectivity index (χ2v) is 10.3. The van der Waals surface area contributed by atoms with Gasteiger partial charge in [0.15, 0.2) is 11.6 Å². The average molecular weight is 435 g/mol. The summed E-state index contributed by atoms with van der Waals surface area (Å²) in [5, 5.41) is 0. The average Bonchev–Trinajstić information content (AvgIpc) is 2.80. The van der Waals surface area contributed by atoms with Crippen LogP contribution in [0.5, 0.6) is 5.75 Å². The van der Waals surface area contributed by atoms with Gasteiger partial charge in [-0.1, -0.05) is 84.1 Å². The Bertz CT molecular complexity index is 643. The smallest absolute Gasteiger partial charge is 0.200 e. The van der Waals surface area contributed by atoms with Gasteiger partial charge in [0.2, 0.25) is 5.82 Å². The molecule has 0 unspecified atom stereocenters. The Hall–Kier alpha value is -1.12. The summed E-state index contributed by atoms with van der Waals surface area (Å²) < 4.78 is 34.7. The van der Waals surface area contributed by atoms with Crippen LogP contribution in [0.4, 0.5) is 8.78 Å². The van der Waals surface area contributed by atoms with Crippen LogP contribution in [0.25, 0.3) is 0 Å². The molecule has 0 bridgehead atoms. The Morgan fingerprint density at radius 3 is 1.87 bits per heavy atom. The van der Waals surface area contributed by atoms with Crippen LogP contribution in [-0.2, 0) is 0 Å². The van der Waals surface area contributed by atoms with Crippen LogP contribution in [0, 0.1) is 29.4 Å². The monoisotopic (exact) mass is 434 g/mol. The molecule has 0 heterocycles. The number of hydrogen-bond acceptors (Lipinski definition) is 1. The first-order valence-corrected chi connectivity index (χ1v) is 13.2. The molecule has 176 valence electrons. The first-order chi connectivity index (χ1) is 15.1. The van der Waals surface area contributed by atoms with Crippen LogP contribution >= 0.6 is 0 Å². The lowest BCUT2D eigenvalue weighted by Gasteiger charge is -2.32. The largest absolute Gasteiger partial charge is 0.490 e. The highest BCUT2D eigenvalue weighted by Crippen LogP contribution is 2.41. The predicted molar refractivity (Wildman–Crippen MR) is 126 cm³/mol. The minimum atomic E-state index is -0.796. The minimum Gasteiger partial charge on any atom is -0.490 e. The van der Waals surface area contributed by atoms with Gasteiger partial charge in [0.25, 0.3) is 0 Å². The van der Waals surface area contributed by atoms with E-state index in [1.165, 1.54) is 51.4 Å². The molecule has 1 aromatic carbocycles. The zero-order valence-electron chi connectivity index (χ0n) is 19.9. The van der Waals surface area contributed by atoms with E-state index in [2.05, 4.69) is 13.8 Å². The van der Waals surface area contributed by atoms with E-state index < -0.39 is 11.6 Å². The number of unbranched alkanes of at least 4 members (excludes halogenated alkanes) is 2. The van der Waals surface area contributed by atoms with Crippen molar-refractivity contribution >= 4 is 0 Å². The molecule has 1 nitrogen and oxygen atoms in total. The standard InChI is InChI=1S/C28H44F2O/c1-3-5-6-20-31-26-19-18-25(27(29)28(26)30)24-16-14-23(15-17-24)13-12-22-10-8-21(7-4-2)9-11-22/h18-19,21-24H,3-17,20H2,1-2H3/t21?,22?,23-,24-. The fourth-order valence-electron chi connectivity index (χ4n) is 5.96. The molecule has 0 atom stereocenters. The summed E-state index contributed by atoms with van der Waals surface area (Å²) in [6.07, 6.45) is 18.5. The van der Waals surface area contributed by atoms with E-state index in [4.69, 9.17) is 4.74 Å². The van der Waals surface area contributed by atoms with Crippen LogP contribution in [0.3, 0.4) is 0 Å². The third-order valence-corrected chi connectivity index (χ3v) is 8.02. The molecule has 0 N–H and O–H groups in total. The molecule has 0 spiro atoms. The third kappa shape index (κ3) is 7.19. The first-order valence-electron chi connectivity index (χ1n) is 13.2. The molecule has 0 aliphatic heterocycles. The molecular formula is C28H44F2O. The molecular weight excluding hydrogens is 390 g/mol. The topological polar surface area (TPSA) is 9.23 Å². The molecule has 0 aromatic heterocycles. The van der Waals surface area contributed by atoms with Crippen molar-refractivity contribution in [1.29, 1.82) is 0 Å². The molecule has 31 heavy (non-hydrogen) atoms. The van der Waals surface area contributed by atoms with Crippen LogP contribution in [0.2, 0.25) is 0 Å². The zero-order valence-corrected chi connectivity index (χ0v) is 19.9. The van der Waals surface area contributed by atoms with Gasteiger partial charge in [0.05, 0.1) is 6.61 Å². The minimum absolute atomic E-state index is 0.0692. The summed E-state index contributed by atoms with van der Waals surface area (Å²) in [5.74, 6) is 1.44. The van der Waals surface area contributed by atoms with Crippen LogP contribution in [-0.4, -0.2) is 6.61 Å². The summed E-state index contributed by atoms with van der Waals surface area (Å²) in [6, 6.07) is 3.41. The van der Waals surface area contributed by atoms with E-state index in [1.807, 2.05) is 0 Å². The highest BCUT2D eigenvalue weighted by Gasteiger charge is 2.28. The van der Waals surface area contributed by atoms with Gasteiger partial charge in [-0.05, 0) is 67.4 Å². The van der Waals surface area contributed by atoms with Crippen molar-refractivity contribution in [2.75, 3.05) is 6.61 Å². The van der Waals surface area contributed by atoms with E-state index in [-0.39, 0.29) is 11.7 Å². The Morgan fingerprint density at radius 2 is 1.29 bits per heavy atom. The molecule has 3 rings (SSSR count). The first kappa shape index (κ1) is 24.5. The molecule has 2 aliphatic carbocycles. The fourth-order valence-corrected chi connectivity index (χ4v) is 5.96. The van der Waals surface area contributed by atoms with Gasteiger partial charge in [0.1, 0.15) is 0 Å². The zero-order chi connectivity index (χ0) is 22.1. The van der Waals surface area contributed by atoms with Crippen molar-refractivity contribution in [3.63, 3.8) is 0 Å². The summed E-state index contributed by atoms with van der Waals surface area (Å²) in [4.78, 5) is 0. The summed E-state index contributed by atoms with van der Waals surface area (Å²) in [6.45, 7) is 4.87. The maximum Gasteiger partial charge on any atom is 0.200 e. The van der Waals surface area contributed by atoms with Gasteiger partial charge in [0, 0.05) is 0 Å². The molecule has 3 heteroatoms. The molecule has 0 radical (unpaired) electrons. The maximum absolute atomic E-state index is 14.7. The number of ether oxygens (including phenoxy) is 1. The van der Waals surface area contributed by atoms with E-state index in [0.717, 1.165) is 62.7 Å². The number of rotatable bonds is 11. The Balaban J connectivity index is 1.41. The SMILES string of the molecule is CCCCCOc1ccc([C@H]2CC[C@H](CCC3CCC(CCC)CC3)CC2)c(F)c1F. The van der Waals surface area contributed by atoms with Gasteiger partial charge in [-0.2, -0.15) is 4.39 Å². The van der Waals surface area contributed by atoms with E-state index >= 15 is 0 Å². The van der Waals surface area contributed by atoms with Gasteiger partial charge in [-0.25, -0.2) is 4.39 Å². The van der Waals surface area contributed by atoms with E-state index in [9.17, 15) is 8.78 Å². The van der Waals surface area contributed by atoms with Gasteiger partial charge < -0.3 is 4.74 Å². The Morgan fingerprint density at radius 1 is 0.710 bits per heavy atom. The van der Waals surface area contributed by atoms with Crippen molar-refractivity contribution in [2.24, 2.45) is 17.8 Å². The third-order valence-electron chi connectivity index (χ3n) is 8.02. The van der Waals surface area contributed by atoms with Crippen LogP contribution in [0.15, 0.2) is 12.1 Å². The summed E-state index contributed by atoms with van der Waals surface area (Å²) in [7, 11) is 0. The normalized spacial score (nSPS) is 26.7. The second-order valence-electron chi connectivity index (χ2n) is 10.3. The predicted octanol–water partition coefficient (Wildman–Crippen LogP) is 9.19. The van der Waals surface area contributed by atoms with Gasteiger partial charge in [-0.3, -0.25) is 0 Å². The lowest BCUT2D eigenvalue weighted by atomic mass is 9.74. The second kappa shape index (κ2) is 12.8. The molecule has 2 saturated carbocycles. The quantitative estimate of drug-likeness (QED) is 0.315. The highest BCUT2D eigenvalue weighted by molar-refractivity contribution is 5.33. The molecule has 1 aromatic rings. The molecule has 2 fully saturated rings. The molecule has 2 aliphatic rings. The van der Waals surface area contributed by atoms with E-state index in [1.54, 1.807) is 12.1 Å². The summed E-state index contributed by atoms with van der Waals surface area (Å²) in [5.41, 5.74) is 0.561. The Labute approximate surface area is 189 Å². The lowest BCUT2D eigenvalue weighted by Crippen LogP contribution is -2.18. The van der Waals surface area contributed by atoms with Crippen molar-refractivity contribution in [2.45, 2.75) is 116 Å². The van der Waals surface area contributed by atoms with Crippen molar-refractivity contribution in [3.05, 3.63) is 29.3 Å². The van der Waals surface area contributed by atoms with Crippen molar-refractivity contribution < 1.29 is 13.5 Å². The fraction of sp³-hybridized carbons (Fsp3) is 0.786. The lowest BCUT2D eigenvalue weighted by molar-refractivity contribution is 0.223. The number of benzene rings is 1. The van der Waals surface area contributed by atoms with Crippen LogP contribution < -0.4 is 4.74 Å². The highest BCUT2D eigenvalue weighted by atomic mass is 19.2. The number of hydrogen-bond donors (Lipinski definition) is 0. The van der Waals surface area contributed by atoms with Crippen molar-refractivity contribution in [3.8, 4) is 5.75 Å². The van der Waals surface area contributed by atoms with Crippen LogP contribution in [0.1, 0.15) is 122 Å². The van der Waals surface area contributed by atoms with Gasteiger partial charge >= 0.3 is 0 Å². The Kier molecular flexibility index (Phi) is 10.1. The number of halogens is 2. The molecule has 0 amide bonds. The maximum atomic E-state index is 14.7. The van der Waals surface area contributed by atoms with E-state index in [0.29, 0.717) is 12.2 Å². The van der Waals surface area contributed by atoms with Crippen molar-refractivity contribution in [1.82, 2.24) is 0 Å².